The van der Waals surface area contributed by atoms with E-state index in [1.54, 1.807) is 31.4 Å². The third kappa shape index (κ3) is 1.96. The molecule has 106 valence electrons. The Morgan fingerprint density at radius 3 is 2.90 bits per heavy atom. The summed E-state index contributed by atoms with van der Waals surface area (Å²) in [7, 11) is 5.60. The van der Waals surface area contributed by atoms with Crippen LogP contribution in [-0.4, -0.2) is 58.0 Å². The first-order chi connectivity index (χ1) is 9.59. The molecular formula is C14H19N5O. The van der Waals surface area contributed by atoms with Gasteiger partial charge in [-0.25, -0.2) is 9.50 Å². The van der Waals surface area contributed by atoms with Gasteiger partial charge in [-0.2, -0.15) is 5.10 Å². The standard InChI is InChI=1S/C14H19N5O/c1-17(2)14(20)10-9-16-19-12(6-7-15-13(10)19)11-5-4-8-18(11)3/h6-7,9,11H,4-5,8H2,1-3H3. The highest BCUT2D eigenvalue weighted by molar-refractivity contribution is 5.99. The van der Waals surface area contributed by atoms with E-state index in [-0.39, 0.29) is 5.91 Å². The Morgan fingerprint density at radius 1 is 1.45 bits per heavy atom. The van der Waals surface area contributed by atoms with Crippen LogP contribution in [-0.2, 0) is 0 Å². The lowest BCUT2D eigenvalue weighted by Crippen LogP contribution is -2.22. The summed E-state index contributed by atoms with van der Waals surface area (Å²) in [5.74, 6) is -0.0653. The summed E-state index contributed by atoms with van der Waals surface area (Å²) in [6.07, 6.45) is 5.69. The molecule has 3 rings (SSSR count). The van der Waals surface area contributed by atoms with Gasteiger partial charge in [0.25, 0.3) is 5.91 Å². The highest BCUT2D eigenvalue weighted by atomic mass is 16.2. The molecule has 0 spiro atoms. The zero-order valence-corrected chi connectivity index (χ0v) is 12.1. The van der Waals surface area contributed by atoms with Crippen LogP contribution in [0.2, 0.25) is 0 Å². The summed E-state index contributed by atoms with van der Waals surface area (Å²) in [4.78, 5) is 20.3. The lowest BCUT2D eigenvalue weighted by Gasteiger charge is -2.20. The molecular weight excluding hydrogens is 254 g/mol. The first-order valence-corrected chi connectivity index (χ1v) is 6.84. The van der Waals surface area contributed by atoms with E-state index in [0.29, 0.717) is 17.3 Å². The van der Waals surface area contributed by atoms with Crippen molar-refractivity contribution in [3.8, 4) is 0 Å². The number of hydrogen-bond acceptors (Lipinski definition) is 4. The van der Waals surface area contributed by atoms with Crippen LogP contribution in [0.1, 0.15) is 34.9 Å². The highest BCUT2D eigenvalue weighted by Crippen LogP contribution is 2.30. The first-order valence-electron chi connectivity index (χ1n) is 6.84. The maximum absolute atomic E-state index is 12.1. The zero-order valence-electron chi connectivity index (χ0n) is 12.1. The van der Waals surface area contributed by atoms with Gasteiger partial charge in [0, 0.05) is 20.3 Å². The Morgan fingerprint density at radius 2 is 2.25 bits per heavy atom. The third-order valence-electron chi connectivity index (χ3n) is 3.93. The molecule has 2 aromatic heterocycles. The Labute approximate surface area is 118 Å². The van der Waals surface area contributed by atoms with Crippen LogP contribution in [0.25, 0.3) is 5.65 Å². The molecule has 1 unspecified atom stereocenters. The number of aromatic nitrogens is 3. The number of hydrogen-bond donors (Lipinski definition) is 0. The summed E-state index contributed by atoms with van der Waals surface area (Å²) in [6.45, 7) is 1.10. The van der Waals surface area contributed by atoms with E-state index in [1.807, 2.05) is 10.6 Å². The van der Waals surface area contributed by atoms with E-state index in [1.165, 1.54) is 6.42 Å². The van der Waals surface area contributed by atoms with Crippen molar-refractivity contribution in [2.75, 3.05) is 27.7 Å². The van der Waals surface area contributed by atoms with E-state index in [4.69, 9.17) is 0 Å². The zero-order chi connectivity index (χ0) is 14.3. The van der Waals surface area contributed by atoms with E-state index in [9.17, 15) is 4.79 Å². The number of rotatable bonds is 2. The molecule has 3 heterocycles. The van der Waals surface area contributed by atoms with Crippen LogP contribution in [0, 0.1) is 0 Å². The van der Waals surface area contributed by atoms with Crippen LogP contribution in [0.3, 0.4) is 0 Å². The summed E-state index contributed by atoms with van der Waals surface area (Å²) in [6, 6.07) is 2.35. The summed E-state index contributed by atoms with van der Waals surface area (Å²) in [5, 5.41) is 4.38. The maximum atomic E-state index is 12.1. The normalized spacial score (nSPS) is 19.6. The Hall–Kier alpha value is -1.95. The van der Waals surface area contributed by atoms with Crippen LogP contribution in [0.5, 0.6) is 0 Å². The number of carbonyl (C=O) groups excluding carboxylic acids is 1. The molecule has 0 aromatic carbocycles. The Bertz CT molecular complexity index is 648. The second-order valence-corrected chi connectivity index (χ2v) is 5.50. The molecule has 2 aromatic rings. The summed E-state index contributed by atoms with van der Waals surface area (Å²) >= 11 is 0. The number of nitrogens with zero attached hydrogens (tertiary/aromatic N) is 5. The van der Waals surface area contributed by atoms with Crippen LogP contribution < -0.4 is 0 Å². The van der Waals surface area contributed by atoms with Gasteiger partial charge in [-0.05, 0) is 32.5 Å². The van der Waals surface area contributed by atoms with Crippen molar-refractivity contribution in [1.82, 2.24) is 24.4 Å². The van der Waals surface area contributed by atoms with Crippen molar-refractivity contribution in [2.45, 2.75) is 18.9 Å². The highest BCUT2D eigenvalue weighted by Gasteiger charge is 2.26. The smallest absolute Gasteiger partial charge is 0.258 e. The number of amides is 1. The minimum absolute atomic E-state index is 0.0653. The Balaban J connectivity index is 2.10. The van der Waals surface area contributed by atoms with Gasteiger partial charge in [-0.15, -0.1) is 0 Å². The number of fused-ring (bicyclic) bond motifs is 1. The van der Waals surface area contributed by atoms with Gasteiger partial charge in [0.05, 0.1) is 17.9 Å². The van der Waals surface area contributed by atoms with Crippen LogP contribution in [0.15, 0.2) is 18.5 Å². The fourth-order valence-electron chi connectivity index (χ4n) is 2.84. The fraction of sp³-hybridized carbons (Fsp3) is 0.500. The van der Waals surface area contributed by atoms with Gasteiger partial charge in [-0.1, -0.05) is 0 Å². The van der Waals surface area contributed by atoms with Gasteiger partial charge in [0.1, 0.15) is 5.56 Å². The number of likely N-dealkylation sites (tertiary alicyclic amines) is 1. The molecule has 1 fully saturated rings. The lowest BCUT2D eigenvalue weighted by atomic mass is 10.1. The minimum atomic E-state index is -0.0653. The summed E-state index contributed by atoms with van der Waals surface area (Å²) < 4.78 is 1.81. The first kappa shape index (κ1) is 13.1. The molecule has 1 aliphatic rings. The van der Waals surface area contributed by atoms with Crippen molar-refractivity contribution in [2.24, 2.45) is 0 Å². The molecule has 6 nitrogen and oxygen atoms in total. The quantitative estimate of drug-likeness (QED) is 0.825. The average Bonchev–Trinajstić information content (AvgIpc) is 3.03. The van der Waals surface area contributed by atoms with Gasteiger partial charge in [0.15, 0.2) is 5.65 Å². The molecule has 1 saturated heterocycles. The minimum Gasteiger partial charge on any atom is -0.345 e. The second-order valence-electron chi connectivity index (χ2n) is 5.50. The second kappa shape index (κ2) is 4.86. The fourth-order valence-corrected chi connectivity index (χ4v) is 2.84. The monoisotopic (exact) mass is 273 g/mol. The molecule has 0 bridgehead atoms. The molecule has 0 saturated carbocycles. The van der Waals surface area contributed by atoms with Crippen molar-refractivity contribution >= 4 is 11.6 Å². The van der Waals surface area contributed by atoms with Gasteiger partial charge >= 0.3 is 0 Å². The van der Waals surface area contributed by atoms with E-state index in [2.05, 4.69) is 22.0 Å². The largest absolute Gasteiger partial charge is 0.345 e. The Kier molecular flexibility index (Phi) is 3.17. The van der Waals surface area contributed by atoms with E-state index < -0.39 is 0 Å². The molecule has 1 amide bonds. The van der Waals surface area contributed by atoms with Gasteiger partial charge < -0.3 is 4.90 Å². The predicted octanol–water partition coefficient (Wildman–Crippen LogP) is 1.20. The van der Waals surface area contributed by atoms with Crippen molar-refractivity contribution in [3.05, 3.63) is 29.7 Å². The number of carbonyl (C=O) groups is 1. The molecule has 0 N–H and O–H groups in total. The van der Waals surface area contributed by atoms with Crippen molar-refractivity contribution < 1.29 is 4.79 Å². The maximum Gasteiger partial charge on any atom is 0.258 e. The average molecular weight is 273 g/mol. The third-order valence-corrected chi connectivity index (χ3v) is 3.93. The molecule has 0 radical (unpaired) electrons. The SMILES string of the molecule is CN(C)C(=O)c1cnn2c(C3CCCN3C)ccnc12. The predicted molar refractivity (Wildman–Crippen MR) is 75.6 cm³/mol. The van der Waals surface area contributed by atoms with Crippen LogP contribution in [0.4, 0.5) is 0 Å². The molecule has 1 atom stereocenters. The molecule has 20 heavy (non-hydrogen) atoms. The molecule has 0 aliphatic carbocycles. The lowest BCUT2D eigenvalue weighted by molar-refractivity contribution is 0.0829. The topological polar surface area (TPSA) is 53.7 Å². The molecule has 6 heteroatoms. The van der Waals surface area contributed by atoms with E-state index >= 15 is 0 Å². The van der Waals surface area contributed by atoms with Crippen LogP contribution >= 0.6 is 0 Å². The van der Waals surface area contributed by atoms with E-state index in [0.717, 1.165) is 18.7 Å². The van der Waals surface area contributed by atoms with Gasteiger partial charge in [-0.3, -0.25) is 9.69 Å². The van der Waals surface area contributed by atoms with Crippen molar-refractivity contribution in [3.63, 3.8) is 0 Å². The van der Waals surface area contributed by atoms with Gasteiger partial charge in [0.2, 0.25) is 0 Å². The van der Waals surface area contributed by atoms with Crippen molar-refractivity contribution in [1.29, 1.82) is 0 Å². The molecule has 1 aliphatic heterocycles. The summed E-state index contributed by atoms with van der Waals surface area (Å²) in [5.41, 5.74) is 2.30.